The van der Waals surface area contributed by atoms with E-state index in [4.69, 9.17) is 0 Å². The zero-order valence-electron chi connectivity index (χ0n) is 16.0. The Bertz CT molecular complexity index is 937. The van der Waals surface area contributed by atoms with Crippen LogP contribution in [0.2, 0.25) is 0 Å². The Morgan fingerprint density at radius 1 is 0.857 bits per heavy atom. The van der Waals surface area contributed by atoms with Crippen LogP contribution in [-0.4, -0.2) is 21.4 Å². The van der Waals surface area contributed by atoms with Gasteiger partial charge in [0, 0.05) is 0 Å². The van der Waals surface area contributed by atoms with Gasteiger partial charge in [0.2, 0.25) is 0 Å². The summed E-state index contributed by atoms with van der Waals surface area (Å²) < 4.78 is 51.3. The van der Waals surface area contributed by atoms with Gasteiger partial charge in [0.05, 0.1) is 9.79 Å². The van der Waals surface area contributed by atoms with Crippen molar-refractivity contribution in [3.05, 3.63) is 85.0 Å². The van der Waals surface area contributed by atoms with Crippen molar-refractivity contribution in [3.63, 3.8) is 0 Å². The maximum atomic E-state index is 13.2. The molecule has 2 aromatic carbocycles. The first kappa shape index (κ1) is 22.1. The molecule has 28 heavy (non-hydrogen) atoms. The quantitative estimate of drug-likeness (QED) is 0.404. The maximum absolute atomic E-state index is 13.2. The molecule has 0 fully saturated rings. The van der Waals surface area contributed by atoms with E-state index in [1.165, 1.54) is 24.3 Å². The molecule has 150 valence electrons. The molecule has 0 unspecified atom stereocenters. The second-order valence-corrected chi connectivity index (χ2v) is 11.2. The molecule has 6 heteroatoms. The van der Waals surface area contributed by atoms with Crippen LogP contribution in [0.15, 0.2) is 94.8 Å². The second kappa shape index (κ2) is 9.85. The molecule has 2 aromatic rings. The standard InChI is InChI=1S/C22H26O4S2/c1-3-4-7-12-19(2)17-18-22(27(23,24)20-13-8-5-9-14-20)28(25,26)21-15-10-6-11-16-21/h3,5-6,8-16,22H,1,4,7,17-18H2,2H3/b19-12+. The van der Waals surface area contributed by atoms with E-state index in [1.807, 2.05) is 19.1 Å². The van der Waals surface area contributed by atoms with Crippen LogP contribution in [0.4, 0.5) is 0 Å². The summed E-state index contributed by atoms with van der Waals surface area (Å²) in [7, 11) is -8.12. The molecular weight excluding hydrogens is 392 g/mol. The summed E-state index contributed by atoms with van der Waals surface area (Å²) in [6, 6.07) is 15.5. The van der Waals surface area contributed by atoms with Gasteiger partial charge in [0.25, 0.3) is 0 Å². The Morgan fingerprint density at radius 3 is 1.75 bits per heavy atom. The molecule has 0 aliphatic carbocycles. The first-order valence-electron chi connectivity index (χ1n) is 9.14. The number of rotatable bonds is 10. The Kier molecular flexibility index (Phi) is 7.78. The van der Waals surface area contributed by atoms with Crippen LogP contribution < -0.4 is 0 Å². The van der Waals surface area contributed by atoms with Crippen LogP contribution >= 0.6 is 0 Å². The van der Waals surface area contributed by atoms with E-state index in [1.54, 1.807) is 36.4 Å². The van der Waals surface area contributed by atoms with Crippen LogP contribution in [0.25, 0.3) is 0 Å². The minimum Gasteiger partial charge on any atom is -0.222 e. The van der Waals surface area contributed by atoms with Gasteiger partial charge >= 0.3 is 0 Å². The van der Waals surface area contributed by atoms with E-state index in [9.17, 15) is 16.8 Å². The predicted octanol–water partition coefficient (Wildman–Crippen LogP) is 4.95. The summed E-state index contributed by atoms with van der Waals surface area (Å²) in [5.41, 5.74) is 0.971. The molecule has 0 radical (unpaired) electrons. The number of unbranched alkanes of at least 4 members (excludes halogenated alkanes) is 1. The Labute approximate surface area is 168 Å². The van der Waals surface area contributed by atoms with Gasteiger partial charge in [-0.1, -0.05) is 54.1 Å². The van der Waals surface area contributed by atoms with E-state index in [0.717, 1.165) is 18.4 Å². The lowest BCUT2D eigenvalue weighted by Gasteiger charge is -2.19. The average Bonchev–Trinajstić information content (AvgIpc) is 2.69. The number of benzene rings is 2. The Balaban J connectivity index is 2.42. The summed E-state index contributed by atoms with van der Waals surface area (Å²) in [5, 5.41) is 0. The largest absolute Gasteiger partial charge is 0.222 e. The van der Waals surface area contributed by atoms with Crippen molar-refractivity contribution in [2.45, 2.75) is 47.0 Å². The second-order valence-electron chi connectivity index (χ2n) is 6.60. The molecule has 0 spiro atoms. The van der Waals surface area contributed by atoms with E-state index in [-0.39, 0.29) is 16.2 Å². The predicted molar refractivity (Wildman–Crippen MR) is 113 cm³/mol. The van der Waals surface area contributed by atoms with Crippen molar-refractivity contribution < 1.29 is 16.8 Å². The SMILES string of the molecule is C=CCC/C=C(\C)CCC(S(=O)(=O)c1ccccc1)S(=O)(=O)c1ccccc1. The molecule has 4 nitrogen and oxygen atoms in total. The summed E-state index contributed by atoms with van der Waals surface area (Å²) in [4.78, 5) is 0.0422. The third-order valence-electron chi connectivity index (χ3n) is 4.47. The molecule has 2 rings (SSSR count). The fraction of sp³-hybridized carbons (Fsp3) is 0.273. The van der Waals surface area contributed by atoms with Crippen LogP contribution in [0.1, 0.15) is 32.6 Å². The van der Waals surface area contributed by atoms with Crippen molar-refractivity contribution in [1.82, 2.24) is 0 Å². The molecule has 0 amide bonds. The van der Waals surface area contributed by atoms with Crippen LogP contribution in [0.5, 0.6) is 0 Å². The minimum absolute atomic E-state index is 0.00484. The lowest BCUT2D eigenvalue weighted by Crippen LogP contribution is -2.31. The van der Waals surface area contributed by atoms with Gasteiger partial charge in [-0.3, -0.25) is 0 Å². The normalized spacial score (nSPS) is 12.9. The van der Waals surface area contributed by atoms with Crippen molar-refractivity contribution in [3.8, 4) is 0 Å². The van der Waals surface area contributed by atoms with Crippen LogP contribution in [-0.2, 0) is 19.7 Å². The lowest BCUT2D eigenvalue weighted by molar-refractivity contribution is 0.568. The molecule has 0 aromatic heterocycles. The number of allylic oxidation sites excluding steroid dienone is 3. The molecule has 0 heterocycles. The van der Waals surface area contributed by atoms with Gasteiger partial charge in [-0.05, 0) is 56.9 Å². The van der Waals surface area contributed by atoms with Crippen LogP contribution in [0, 0.1) is 0 Å². The summed E-state index contributed by atoms with van der Waals surface area (Å²) >= 11 is 0. The highest BCUT2D eigenvalue weighted by Crippen LogP contribution is 2.29. The maximum Gasteiger partial charge on any atom is 0.195 e. The third kappa shape index (κ3) is 5.42. The summed E-state index contributed by atoms with van der Waals surface area (Å²) in [5.74, 6) is 0. The molecule has 0 saturated heterocycles. The molecule has 0 saturated carbocycles. The fourth-order valence-corrected chi connectivity index (χ4v) is 7.43. The highest BCUT2D eigenvalue weighted by molar-refractivity contribution is 8.09. The van der Waals surface area contributed by atoms with Crippen molar-refractivity contribution >= 4 is 19.7 Å². The zero-order valence-corrected chi connectivity index (χ0v) is 17.6. The monoisotopic (exact) mass is 418 g/mol. The van der Waals surface area contributed by atoms with E-state index < -0.39 is 24.3 Å². The van der Waals surface area contributed by atoms with Gasteiger partial charge in [-0.2, -0.15) is 0 Å². The highest BCUT2D eigenvalue weighted by atomic mass is 32.3. The van der Waals surface area contributed by atoms with Crippen molar-refractivity contribution in [2.75, 3.05) is 0 Å². The van der Waals surface area contributed by atoms with Gasteiger partial charge in [0.15, 0.2) is 24.3 Å². The molecular formula is C22H26O4S2. The van der Waals surface area contributed by atoms with Gasteiger partial charge in [-0.25, -0.2) is 16.8 Å². The van der Waals surface area contributed by atoms with E-state index in [2.05, 4.69) is 6.58 Å². The number of sulfone groups is 2. The number of hydrogen-bond donors (Lipinski definition) is 0. The molecule has 0 aliphatic heterocycles. The summed E-state index contributed by atoms with van der Waals surface area (Å²) in [6.07, 6.45) is 5.84. The number of hydrogen-bond acceptors (Lipinski definition) is 4. The van der Waals surface area contributed by atoms with Gasteiger partial charge in [-0.15, -0.1) is 6.58 Å². The smallest absolute Gasteiger partial charge is 0.195 e. The topological polar surface area (TPSA) is 68.3 Å². The minimum atomic E-state index is -4.06. The average molecular weight is 419 g/mol. The molecule has 0 N–H and O–H groups in total. The Hall–Kier alpha value is -2.18. The molecule has 0 aliphatic rings. The van der Waals surface area contributed by atoms with E-state index in [0.29, 0.717) is 6.42 Å². The van der Waals surface area contributed by atoms with Gasteiger partial charge in [0.1, 0.15) is 0 Å². The molecule has 0 atom stereocenters. The van der Waals surface area contributed by atoms with Gasteiger partial charge < -0.3 is 0 Å². The molecule has 0 bridgehead atoms. The van der Waals surface area contributed by atoms with E-state index >= 15 is 0 Å². The fourth-order valence-electron chi connectivity index (χ4n) is 2.90. The third-order valence-corrected chi connectivity index (χ3v) is 9.71. The van der Waals surface area contributed by atoms with Crippen molar-refractivity contribution in [2.24, 2.45) is 0 Å². The van der Waals surface area contributed by atoms with Crippen LogP contribution in [0.3, 0.4) is 0 Å². The van der Waals surface area contributed by atoms with Crippen molar-refractivity contribution in [1.29, 1.82) is 0 Å². The summed E-state index contributed by atoms with van der Waals surface area (Å²) in [6.45, 7) is 5.57. The first-order valence-corrected chi connectivity index (χ1v) is 12.2. The first-order chi connectivity index (χ1) is 13.3. The zero-order chi connectivity index (χ0) is 20.6. The Morgan fingerprint density at radius 2 is 1.32 bits per heavy atom. The lowest BCUT2D eigenvalue weighted by atomic mass is 10.1. The highest BCUT2D eigenvalue weighted by Gasteiger charge is 2.39.